The molecule has 0 amide bonds. The Bertz CT molecular complexity index is 1100. The highest BCUT2D eigenvalue weighted by Gasteiger charge is 2.19. The molecule has 3 aromatic rings. The van der Waals surface area contributed by atoms with Crippen molar-refractivity contribution in [3.63, 3.8) is 0 Å². The van der Waals surface area contributed by atoms with E-state index in [4.69, 9.17) is 9.47 Å². The Hall–Kier alpha value is -4.01. The van der Waals surface area contributed by atoms with Crippen LogP contribution in [0.4, 0.5) is 5.69 Å². The molecule has 3 rings (SSSR count). The summed E-state index contributed by atoms with van der Waals surface area (Å²) in [6, 6.07) is 13.5. The third-order valence-corrected chi connectivity index (χ3v) is 4.42. The number of rotatable bonds is 7. The Morgan fingerprint density at radius 3 is 2.26 bits per heavy atom. The van der Waals surface area contributed by atoms with Crippen LogP contribution < -0.4 is 4.74 Å². The van der Waals surface area contributed by atoms with Gasteiger partial charge in [-0.05, 0) is 55.3 Å². The highest BCUT2D eigenvalue weighted by atomic mass is 16.6. The molecular formula is C22H21N3O6. The van der Waals surface area contributed by atoms with E-state index in [0.717, 1.165) is 5.69 Å². The van der Waals surface area contributed by atoms with E-state index < -0.39 is 16.9 Å². The van der Waals surface area contributed by atoms with Crippen molar-refractivity contribution in [2.75, 3.05) is 6.61 Å². The Balaban J connectivity index is 1.80. The van der Waals surface area contributed by atoms with Crippen molar-refractivity contribution < 1.29 is 24.0 Å². The first-order valence-corrected chi connectivity index (χ1v) is 9.64. The number of hydrogen-bond acceptors (Lipinski definition) is 7. The van der Waals surface area contributed by atoms with Crippen molar-refractivity contribution in [1.29, 1.82) is 0 Å². The Morgan fingerprint density at radius 1 is 1.06 bits per heavy atom. The van der Waals surface area contributed by atoms with Crippen LogP contribution in [0.5, 0.6) is 5.75 Å². The van der Waals surface area contributed by atoms with Crippen LogP contribution in [0, 0.1) is 10.1 Å². The fraction of sp³-hybridized carbons (Fsp3) is 0.227. The highest BCUT2D eigenvalue weighted by molar-refractivity contribution is 5.91. The lowest BCUT2D eigenvalue weighted by molar-refractivity contribution is -0.384. The summed E-state index contributed by atoms with van der Waals surface area (Å²) < 4.78 is 11.9. The summed E-state index contributed by atoms with van der Waals surface area (Å²) in [4.78, 5) is 34.6. The van der Waals surface area contributed by atoms with Gasteiger partial charge in [-0.25, -0.2) is 14.3 Å². The van der Waals surface area contributed by atoms with E-state index in [2.05, 4.69) is 5.10 Å². The largest absolute Gasteiger partial charge is 0.461 e. The summed E-state index contributed by atoms with van der Waals surface area (Å²) in [7, 11) is 0. The maximum absolute atomic E-state index is 12.4. The summed E-state index contributed by atoms with van der Waals surface area (Å²) in [6.45, 7) is 5.96. The number of nitrogens with zero attached hydrogens (tertiary/aromatic N) is 3. The van der Waals surface area contributed by atoms with Crippen molar-refractivity contribution in [2.45, 2.75) is 26.7 Å². The molecule has 0 N–H and O–H groups in total. The van der Waals surface area contributed by atoms with Gasteiger partial charge in [-0.3, -0.25) is 10.1 Å². The smallest absolute Gasteiger partial charge is 0.358 e. The van der Waals surface area contributed by atoms with Crippen molar-refractivity contribution in [1.82, 2.24) is 9.78 Å². The lowest BCUT2D eigenvalue weighted by atomic mass is 10.1. The molecule has 1 aromatic heterocycles. The minimum absolute atomic E-state index is 0.0912. The molecule has 0 saturated carbocycles. The molecule has 0 saturated heterocycles. The molecule has 0 aliphatic heterocycles. The molecule has 2 aromatic carbocycles. The lowest BCUT2D eigenvalue weighted by Gasteiger charge is -2.10. The molecule has 31 heavy (non-hydrogen) atoms. The number of carbonyl (C=O) groups is 2. The molecule has 0 atom stereocenters. The van der Waals surface area contributed by atoms with Gasteiger partial charge in [-0.2, -0.15) is 5.10 Å². The molecule has 160 valence electrons. The third-order valence-electron chi connectivity index (χ3n) is 4.42. The lowest BCUT2D eigenvalue weighted by Crippen LogP contribution is -2.10. The maximum Gasteiger partial charge on any atom is 0.358 e. The molecule has 0 bridgehead atoms. The standard InChI is InChI=1S/C22H21N3O6/c1-4-30-22(27)19-13-20(14(2)3)24(23-19)16-7-5-15(6-8-16)21(26)31-18-11-9-17(10-12-18)25(28)29/h5-14H,4H2,1-3H3. The van der Waals surface area contributed by atoms with Gasteiger partial charge in [0.05, 0.1) is 22.8 Å². The molecule has 9 heteroatoms. The predicted molar refractivity (Wildman–Crippen MR) is 112 cm³/mol. The van der Waals surface area contributed by atoms with Crippen molar-refractivity contribution in [2.24, 2.45) is 0 Å². The molecule has 0 aliphatic rings. The summed E-state index contributed by atoms with van der Waals surface area (Å²) in [5.74, 6) is -0.793. The number of benzene rings is 2. The van der Waals surface area contributed by atoms with E-state index in [0.29, 0.717) is 11.3 Å². The topological polar surface area (TPSA) is 114 Å². The van der Waals surface area contributed by atoms with E-state index in [1.165, 1.54) is 24.3 Å². The molecule has 0 radical (unpaired) electrons. The zero-order valence-electron chi connectivity index (χ0n) is 17.3. The number of nitro groups is 1. The van der Waals surface area contributed by atoms with Gasteiger partial charge in [0, 0.05) is 17.8 Å². The van der Waals surface area contributed by atoms with Gasteiger partial charge < -0.3 is 9.47 Å². The number of carbonyl (C=O) groups excluding carboxylic acids is 2. The molecule has 0 aliphatic carbocycles. The Kier molecular flexibility index (Phi) is 6.44. The van der Waals surface area contributed by atoms with Gasteiger partial charge in [-0.15, -0.1) is 0 Å². The van der Waals surface area contributed by atoms with Crippen LogP contribution in [-0.2, 0) is 4.74 Å². The number of aromatic nitrogens is 2. The fourth-order valence-electron chi connectivity index (χ4n) is 2.86. The number of esters is 2. The average Bonchev–Trinajstić information content (AvgIpc) is 3.20. The van der Waals surface area contributed by atoms with Gasteiger partial charge in [0.1, 0.15) is 5.75 Å². The van der Waals surface area contributed by atoms with Crippen molar-refractivity contribution in [3.8, 4) is 11.4 Å². The van der Waals surface area contributed by atoms with Crippen LogP contribution in [-0.4, -0.2) is 33.2 Å². The van der Waals surface area contributed by atoms with E-state index in [9.17, 15) is 19.7 Å². The minimum atomic E-state index is -0.600. The van der Waals surface area contributed by atoms with Crippen LogP contribution in [0.2, 0.25) is 0 Å². The number of nitro benzene ring substituents is 1. The third kappa shape index (κ3) is 4.95. The second-order valence-electron chi connectivity index (χ2n) is 6.93. The fourth-order valence-corrected chi connectivity index (χ4v) is 2.86. The van der Waals surface area contributed by atoms with Gasteiger partial charge in [0.25, 0.3) is 5.69 Å². The second-order valence-corrected chi connectivity index (χ2v) is 6.93. The zero-order valence-corrected chi connectivity index (χ0v) is 17.3. The summed E-state index contributed by atoms with van der Waals surface area (Å²) in [6.07, 6.45) is 0. The van der Waals surface area contributed by atoms with Crippen LogP contribution in [0.1, 0.15) is 53.2 Å². The van der Waals surface area contributed by atoms with Gasteiger partial charge in [-0.1, -0.05) is 13.8 Å². The number of ether oxygens (including phenoxy) is 2. The zero-order chi connectivity index (χ0) is 22.5. The molecular weight excluding hydrogens is 402 g/mol. The van der Waals surface area contributed by atoms with E-state index in [1.807, 2.05) is 13.8 Å². The maximum atomic E-state index is 12.4. The van der Waals surface area contributed by atoms with Gasteiger partial charge >= 0.3 is 11.9 Å². The number of non-ortho nitro benzene ring substituents is 1. The molecule has 0 spiro atoms. The van der Waals surface area contributed by atoms with Crippen LogP contribution in [0.25, 0.3) is 5.69 Å². The molecule has 9 nitrogen and oxygen atoms in total. The first kappa shape index (κ1) is 21.7. The summed E-state index contributed by atoms with van der Waals surface area (Å²) in [5, 5.41) is 15.1. The first-order chi connectivity index (χ1) is 14.8. The highest BCUT2D eigenvalue weighted by Crippen LogP contribution is 2.22. The summed E-state index contributed by atoms with van der Waals surface area (Å²) >= 11 is 0. The molecule has 0 unspecified atom stereocenters. The number of hydrogen-bond donors (Lipinski definition) is 0. The molecule has 1 heterocycles. The summed E-state index contributed by atoms with van der Waals surface area (Å²) in [5.41, 5.74) is 1.92. The average molecular weight is 423 g/mol. The van der Waals surface area contributed by atoms with Crippen LogP contribution in [0.3, 0.4) is 0 Å². The van der Waals surface area contributed by atoms with Gasteiger partial charge in [0.15, 0.2) is 5.69 Å². The van der Waals surface area contributed by atoms with E-state index >= 15 is 0 Å². The Morgan fingerprint density at radius 2 is 1.71 bits per heavy atom. The normalized spacial score (nSPS) is 10.7. The minimum Gasteiger partial charge on any atom is -0.461 e. The Labute approximate surface area is 178 Å². The van der Waals surface area contributed by atoms with Gasteiger partial charge in [0.2, 0.25) is 0 Å². The van der Waals surface area contributed by atoms with E-state index in [-0.39, 0.29) is 29.7 Å². The quantitative estimate of drug-likeness (QED) is 0.241. The first-order valence-electron chi connectivity index (χ1n) is 9.64. The predicted octanol–water partition coefficient (Wildman–Crippen LogP) is 4.30. The van der Waals surface area contributed by atoms with Crippen LogP contribution >= 0.6 is 0 Å². The second kappa shape index (κ2) is 9.21. The monoisotopic (exact) mass is 423 g/mol. The molecule has 0 fully saturated rings. The van der Waals surface area contributed by atoms with Crippen molar-refractivity contribution in [3.05, 3.63) is 81.7 Å². The SMILES string of the molecule is CCOC(=O)c1cc(C(C)C)n(-c2ccc(C(=O)Oc3ccc([N+](=O)[O-])cc3)cc2)n1. The van der Waals surface area contributed by atoms with Crippen molar-refractivity contribution >= 4 is 17.6 Å². The van der Waals surface area contributed by atoms with E-state index in [1.54, 1.807) is 41.9 Å². The van der Waals surface area contributed by atoms with Crippen LogP contribution in [0.15, 0.2) is 54.6 Å².